The SMILES string of the molecule is [2H]/C(=C(/[2H])c1ccc2c(c1)C(C)(C)c1cc(-c3c4ccccc4c(-c4cccc5ccccc45)c4ccccc34)ccc1-2)c1ccc(N(c2ccc(F)cc2)c2ccc(F)cc2)cc1. The van der Waals surface area contributed by atoms with Gasteiger partial charge in [0.1, 0.15) is 11.6 Å². The summed E-state index contributed by atoms with van der Waals surface area (Å²) in [5.74, 6) is -0.703. The average Bonchev–Trinajstić information content (AvgIpc) is 3.56. The highest BCUT2D eigenvalue weighted by Gasteiger charge is 2.36. The molecule has 0 aromatic heterocycles. The Morgan fingerprint density at radius 2 is 0.871 bits per heavy atom. The first kappa shape index (κ1) is 35.2. The molecule has 0 bridgehead atoms. The molecule has 0 aliphatic heterocycles. The minimum Gasteiger partial charge on any atom is -0.310 e. The van der Waals surface area contributed by atoms with Crippen LogP contribution < -0.4 is 4.90 Å². The highest BCUT2D eigenvalue weighted by Crippen LogP contribution is 2.52. The van der Waals surface area contributed by atoms with Crippen molar-refractivity contribution in [2.75, 3.05) is 4.90 Å². The van der Waals surface area contributed by atoms with Crippen molar-refractivity contribution in [2.45, 2.75) is 19.3 Å². The van der Waals surface area contributed by atoms with Crippen molar-refractivity contribution in [1.29, 1.82) is 0 Å². The lowest BCUT2D eigenvalue weighted by atomic mass is 9.80. The number of benzene rings is 10. The molecule has 0 unspecified atom stereocenters. The van der Waals surface area contributed by atoms with Gasteiger partial charge < -0.3 is 4.90 Å². The van der Waals surface area contributed by atoms with E-state index >= 15 is 0 Å². The van der Waals surface area contributed by atoms with Crippen LogP contribution in [-0.2, 0) is 5.41 Å². The fourth-order valence-corrected chi connectivity index (χ4v) is 9.61. The van der Waals surface area contributed by atoms with E-state index in [1.54, 1.807) is 24.3 Å². The third-order valence-electron chi connectivity index (χ3n) is 12.6. The van der Waals surface area contributed by atoms with E-state index in [0.29, 0.717) is 22.5 Å². The molecule has 62 heavy (non-hydrogen) atoms. The van der Waals surface area contributed by atoms with Gasteiger partial charge in [-0.2, -0.15) is 0 Å². The summed E-state index contributed by atoms with van der Waals surface area (Å²) in [6.45, 7) is 4.51. The van der Waals surface area contributed by atoms with E-state index in [-0.39, 0.29) is 29.2 Å². The normalized spacial score (nSPS) is 13.7. The molecular weight excluding hydrogens is 761 g/mol. The Labute approximate surface area is 363 Å². The standard InChI is InChI=1S/C59H41F2N/c1-59(2)55-36-39(19-18-38-20-28-44(29-21-38)62(45-30-24-42(60)25-31-45)46-32-26-43(61)27-33-46)22-34-48(55)49-35-23-41(37-56(49)59)57-51-13-5-7-15-53(51)58(54-16-8-6-14-52(54)57)50-17-9-11-40-10-3-4-12-47(40)50/h3-37H,1-2H3/b19-18+/i18D,19D. The zero-order valence-corrected chi connectivity index (χ0v) is 34.3. The quantitative estimate of drug-likeness (QED) is 0.115. The predicted molar refractivity (Wildman–Crippen MR) is 257 cm³/mol. The maximum Gasteiger partial charge on any atom is 0.123 e. The molecule has 3 heteroatoms. The summed E-state index contributed by atoms with van der Waals surface area (Å²) in [5.41, 5.74) is 12.6. The number of anilines is 3. The minimum absolute atomic E-state index is 0.0999. The Morgan fingerprint density at radius 3 is 1.47 bits per heavy atom. The Balaban J connectivity index is 0.961. The monoisotopic (exact) mass is 803 g/mol. The molecule has 0 heterocycles. The molecule has 1 nitrogen and oxygen atoms in total. The third kappa shape index (κ3) is 6.28. The Morgan fingerprint density at radius 1 is 0.419 bits per heavy atom. The van der Waals surface area contributed by atoms with Gasteiger partial charge in [-0.1, -0.05) is 159 Å². The number of rotatable bonds is 7. The summed E-state index contributed by atoms with van der Waals surface area (Å²) in [5, 5.41) is 7.30. The Kier molecular flexibility index (Phi) is 8.41. The molecule has 0 saturated carbocycles. The van der Waals surface area contributed by atoms with E-state index in [1.807, 2.05) is 35.2 Å². The summed E-state index contributed by atoms with van der Waals surface area (Å²) in [6.07, 6.45) is 0. The van der Waals surface area contributed by atoms with Crippen molar-refractivity contribution in [2.24, 2.45) is 0 Å². The van der Waals surface area contributed by atoms with Crippen LogP contribution in [0.5, 0.6) is 0 Å². The van der Waals surface area contributed by atoms with Crippen LogP contribution in [0.4, 0.5) is 25.8 Å². The molecule has 0 N–H and O–H groups in total. The summed E-state index contributed by atoms with van der Waals surface area (Å²) >= 11 is 0. The molecule has 10 aromatic carbocycles. The first-order valence-corrected chi connectivity index (χ1v) is 21.0. The van der Waals surface area contributed by atoms with E-state index < -0.39 is 0 Å². The lowest BCUT2D eigenvalue weighted by Crippen LogP contribution is -2.15. The molecule has 0 atom stereocenters. The van der Waals surface area contributed by atoms with Crippen molar-refractivity contribution < 1.29 is 11.5 Å². The maximum atomic E-state index is 13.9. The first-order chi connectivity index (χ1) is 31.2. The minimum atomic E-state index is -0.376. The zero-order chi connectivity index (χ0) is 43.7. The molecule has 0 spiro atoms. The van der Waals surface area contributed by atoms with Crippen molar-refractivity contribution in [1.82, 2.24) is 0 Å². The van der Waals surface area contributed by atoms with Gasteiger partial charge in [0.25, 0.3) is 0 Å². The van der Waals surface area contributed by atoms with Gasteiger partial charge in [-0.05, 0) is 155 Å². The van der Waals surface area contributed by atoms with Crippen LogP contribution in [0.25, 0.3) is 77.8 Å². The van der Waals surface area contributed by atoms with Crippen LogP contribution in [0.2, 0.25) is 0 Å². The van der Waals surface area contributed by atoms with Gasteiger partial charge in [0.15, 0.2) is 0 Å². The third-order valence-corrected chi connectivity index (χ3v) is 12.6. The first-order valence-electron chi connectivity index (χ1n) is 22.0. The van der Waals surface area contributed by atoms with E-state index in [4.69, 9.17) is 0 Å². The summed E-state index contributed by atoms with van der Waals surface area (Å²) in [4.78, 5) is 1.90. The van der Waals surface area contributed by atoms with E-state index in [9.17, 15) is 11.5 Å². The van der Waals surface area contributed by atoms with Gasteiger partial charge in [0, 0.05) is 22.5 Å². The van der Waals surface area contributed by atoms with Crippen LogP contribution in [0.1, 0.15) is 38.8 Å². The Bertz CT molecular complexity index is 3390. The van der Waals surface area contributed by atoms with Crippen LogP contribution >= 0.6 is 0 Å². The topological polar surface area (TPSA) is 3.24 Å². The van der Waals surface area contributed by atoms with Crippen LogP contribution in [0, 0.1) is 11.6 Å². The highest BCUT2D eigenvalue weighted by atomic mass is 19.1. The molecule has 1 aliphatic carbocycles. The molecule has 296 valence electrons. The van der Waals surface area contributed by atoms with Crippen LogP contribution in [-0.4, -0.2) is 0 Å². The fourth-order valence-electron chi connectivity index (χ4n) is 9.61. The molecule has 0 radical (unpaired) electrons. The van der Waals surface area contributed by atoms with E-state index in [1.165, 1.54) is 84.4 Å². The summed E-state index contributed by atoms with van der Waals surface area (Å²) in [7, 11) is 0. The number of halogens is 2. The zero-order valence-electron chi connectivity index (χ0n) is 36.3. The Hall–Kier alpha value is -7.62. The molecule has 11 rings (SSSR count). The van der Waals surface area contributed by atoms with Crippen LogP contribution in [0.3, 0.4) is 0 Å². The summed E-state index contributed by atoms with van der Waals surface area (Å²) < 4.78 is 46.3. The molecule has 0 fully saturated rings. The second-order valence-electron chi connectivity index (χ2n) is 16.6. The molecule has 1 aliphatic rings. The van der Waals surface area contributed by atoms with Crippen molar-refractivity contribution >= 4 is 61.5 Å². The van der Waals surface area contributed by atoms with Gasteiger partial charge >= 0.3 is 0 Å². The molecule has 0 saturated heterocycles. The van der Waals surface area contributed by atoms with Gasteiger partial charge in [-0.15, -0.1) is 0 Å². The fraction of sp³-hybridized carbons (Fsp3) is 0.0508. The van der Waals surface area contributed by atoms with Gasteiger partial charge in [-0.25, -0.2) is 8.78 Å². The van der Waals surface area contributed by atoms with Crippen molar-refractivity contribution in [3.8, 4) is 33.4 Å². The highest BCUT2D eigenvalue weighted by molar-refractivity contribution is 6.23. The maximum absolute atomic E-state index is 13.9. The number of hydrogen-bond donors (Lipinski definition) is 0. The average molecular weight is 804 g/mol. The summed E-state index contributed by atoms with van der Waals surface area (Å²) in [6, 6.07) is 65.7. The second-order valence-corrected chi connectivity index (χ2v) is 16.6. The van der Waals surface area contributed by atoms with Gasteiger partial charge in [0.05, 0.1) is 2.74 Å². The van der Waals surface area contributed by atoms with Gasteiger partial charge in [-0.3, -0.25) is 0 Å². The van der Waals surface area contributed by atoms with Crippen LogP contribution in [0.15, 0.2) is 200 Å². The lowest BCUT2D eigenvalue weighted by Gasteiger charge is -2.25. The van der Waals surface area contributed by atoms with Crippen molar-refractivity contribution in [3.05, 3.63) is 234 Å². The molecule has 0 amide bonds. The van der Waals surface area contributed by atoms with Gasteiger partial charge in [0.2, 0.25) is 0 Å². The van der Waals surface area contributed by atoms with Crippen molar-refractivity contribution in [3.63, 3.8) is 0 Å². The van der Waals surface area contributed by atoms with E-state index in [2.05, 4.69) is 135 Å². The number of nitrogens with zero attached hydrogens (tertiary/aromatic N) is 1. The molecular formula is C59H41F2N. The number of hydrogen-bond acceptors (Lipinski definition) is 1. The smallest absolute Gasteiger partial charge is 0.123 e. The second kappa shape index (κ2) is 14.8. The van der Waals surface area contributed by atoms with E-state index in [0.717, 1.165) is 22.4 Å². The number of fused-ring (bicyclic) bond motifs is 6. The largest absolute Gasteiger partial charge is 0.310 e. The predicted octanol–water partition coefficient (Wildman–Crippen LogP) is 16.7. The molecule has 10 aromatic rings. The lowest BCUT2D eigenvalue weighted by molar-refractivity contribution is 0.628.